The summed E-state index contributed by atoms with van der Waals surface area (Å²) in [6.07, 6.45) is 3.31. The lowest BCUT2D eigenvalue weighted by Gasteiger charge is -2.06. The van der Waals surface area contributed by atoms with Crippen molar-refractivity contribution >= 4 is 28.8 Å². The number of rotatable bonds is 5. The van der Waals surface area contributed by atoms with Crippen molar-refractivity contribution < 1.29 is 9.63 Å². The van der Waals surface area contributed by atoms with E-state index in [0.717, 1.165) is 39.0 Å². The second-order valence-corrected chi connectivity index (χ2v) is 6.87. The highest BCUT2D eigenvalue weighted by Gasteiger charge is 2.14. The number of hydrogen-bond acceptors (Lipinski definition) is 5. The van der Waals surface area contributed by atoms with Crippen LogP contribution in [0.25, 0.3) is 33.4 Å². The van der Waals surface area contributed by atoms with E-state index in [1.807, 2.05) is 49.5 Å². The van der Waals surface area contributed by atoms with Crippen LogP contribution in [0.5, 0.6) is 0 Å². The zero-order valence-corrected chi connectivity index (χ0v) is 17.0. The van der Waals surface area contributed by atoms with Gasteiger partial charge in [-0.2, -0.15) is 5.10 Å². The number of carbonyl (C=O) groups excluding carboxylic acids is 1. The van der Waals surface area contributed by atoms with Gasteiger partial charge in [-0.3, -0.25) is 4.79 Å². The summed E-state index contributed by atoms with van der Waals surface area (Å²) in [6, 6.07) is 18.2. The monoisotopic (exact) mass is 399 g/mol. The van der Waals surface area contributed by atoms with Gasteiger partial charge >= 0.3 is 0 Å². The molecule has 7 heteroatoms. The van der Waals surface area contributed by atoms with Crippen LogP contribution in [0, 0.1) is 0 Å². The van der Waals surface area contributed by atoms with E-state index in [4.69, 9.17) is 4.84 Å². The van der Waals surface area contributed by atoms with Gasteiger partial charge in [0.05, 0.1) is 18.1 Å². The molecule has 7 nitrogen and oxygen atoms in total. The van der Waals surface area contributed by atoms with E-state index in [2.05, 4.69) is 32.7 Å². The van der Waals surface area contributed by atoms with Crippen LogP contribution in [-0.2, 0) is 16.7 Å². The molecule has 150 valence electrons. The molecule has 2 heterocycles. The average molecular weight is 399 g/mol. The largest absolute Gasteiger partial charge is 0.399 e. The minimum Gasteiger partial charge on any atom is -0.399 e. The van der Waals surface area contributed by atoms with Crippen molar-refractivity contribution in [1.29, 1.82) is 0 Å². The predicted octanol–water partition coefficient (Wildman–Crippen LogP) is 4.24. The fourth-order valence-corrected chi connectivity index (χ4v) is 3.35. The van der Waals surface area contributed by atoms with E-state index in [-0.39, 0.29) is 5.91 Å². The number of nitrogens with one attached hydrogen (secondary N) is 1. The van der Waals surface area contributed by atoms with Gasteiger partial charge in [-0.25, -0.2) is 9.67 Å². The SMILES string of the molecule is CO/N=C/c1ccc(-c2cccc(-c3nn(C)c4ncc(NC(C)=O)cc34)c2)cc1. The Morgan fingerprint density at radius 1 is 1.10 bits per heavy atom. The van der Waals surface area contributed by atoms with Crippen molar-refractivity contribution in [3.8, 4) is 22.4 Å². The zero-order chi connectivity index (χ0) is 21.1. The number of aromatic nitrogens is 3. The molecule has 0 unspecified atom stereocenters. The first-order valence-electron chi connectivity index (χ1n) is 9.43. The molecule has 0 saturated carbocycles. The molecule has 0 spiro atoms. The van der Waals surface area contributed by atoms with Crippen LogP contribution in [0.4, 0.5) is 5.69 Å². The third-order valence-electron chi connectivity index (χ3n) is 4.69. The molecule has 0 aliphatic rings. The summed E-state index contributed by atoms with van der Waals surface area (Å²) in [6.45, 7) is 1.48. The highest BCUT2D eigenvalue weighted by atomic mass is 16.6. The summed E-state index contributed by atoms with van der Waals surface area (Å²) in [5.41, 5.74) is 6.32. The number of nitrogens with zero attached hydrogens (tertiary/aromatic N) is 4. The van der Waals surface area contributed by atoms with E-state index < -0.39 is 0 Å². The minimum atomic E-state index is -0.137. The van der Waals surface area contributed by atoms with Gasteiger partial charge in [-0.1, -0.05) is 47.6 Å². The van der Waals surface area contributed by atoms with E-state index >= 15 is 0 Å². The van der Waals surface area contributed by atoms with E-state index in [1.165, 1.54) is 14.0 Å². The first kappa shape index (κ1) is 19.3. The Hall–Kier alpha value is -4.00. The molecule has 0 fully saturated rings. The highest BCUT2D eigenvalue weighted by molar-refractivity contribution is 5.96. The summed E-state index contributed by atoms with van der Waals surface area (Å²) in [5.74, 6) is -0.137. The number of anilines is 1. The molecule has 4 aromatic rings. The second-order valence-electron chi connectivity index (χ2n) is 6.87. The van der Waals surface area contributed by atoms with Crippen LogP contribution >= 0.6 is 0 Å². The van der Waals surface area contributed by atoms with Gasteiger partial charge in [-0.15, -0.1) is 0 Å². The number of aryl methyl sites for hydroxylation is 1. The zero-order valence-electron chi connectivity index (χ0n) is 17.0. The fourth-order valence-electron chi connectivity index (χ4n) is 3.35. The van der Waals surface area contributed by atoms with E-state index in [0.29, 0.717) is 5.69 Å². The van der Waals surface area contributed by atoms with Gasteiger partial charge in [-0.05, 0) is 28.8 Å². The standard InChI is InChI=1S/C23H21N5O2/c1-15(29)26-20-12-21-22(27-28(2)23(21)24-14-20)19-6-4-5-18(11-19)17-9-7-16(8-10-17)13-25-30-3/h4-14H,1-3H3,(H,26,29)/b25-13+. The first-order chi connectivity index (χ1) is 14.5. The lowest BCUT2D eigenvalue weighted by Crippen LogP contribution is -2.05. The Morgan fingerprint density at radius 2 is 1.87 bits per heavy atom. The molecule has 1 amide bonds. The van der Waals surface area contributed by atoms with Crippen LogP contribution < -0.4 is 5.32 Å². The number of amides is 1. The van der Waals surface area contributed by atoms with Gasteiger partial charge < -0.3 is 10.2 Å². The summed E-state index contributed by atoms with van der Waals surface area (Å²) in [7, 11) is 3.38. The van der Waals surface area contributed by atoms with Gasteiger partial charge in [0.15, 0.2) is 5.65 Å². The van der Waals surface area contributed by atoms with E-state index in [9.17, 15) is 4.79 Å². The Kier molecular flexibility index (Phi) is 5.26. The van der Waals surface area contributed by atoms with Crippen molar-refractivity contribution in [1.82, 2.24) is 14.8 Å². The number of benzene rings is 2. The van der Waals surface area contributed by atoms with Crippen molar-refractivity contribution in [2.75, 3.05) is 12.4 Å². The summed E-state index contributed by atoms with van der Waals surface area (Å²) >= 11 is 0. The molecule has 0 saturated heterocycles. The first-order valence-corrected chi connectivity index (χ1v) is 9.43. The summed E-state index contributed by atoms with van der Waals surface area (Å²) in [4.78, 5) is 20.6. The Labute approximate surface area is 174 Å². The summed E-state index contributed by atoms with van der Waals surface area (Å²) in [5, 5.41) is 12.1. The number of carbonyl (C=O) groups is 1. The molecule has 0 radical (unpaired) electrons. The molecular formula is C23H21N5O2. The van der Waals surface area contributed by atoms with Gasteiger partial charge in [0.1, 0.15) is 12.8 Å². The Balaban J connectivity index is 1.74. The van der Waals surface area contributed by atoms with E-state index in [1.54, 1.807) is 17.1 Å². The quantitative estimate of drug-likeness (QED) is 0.402. The number of hydrogen-bond donors (Lipinski definition) is 1. The lowest BCUT2D eigenvalue weighted by molar-refractivity contribution is -0.114. The summed E-state index contributed by atoms with van der Waals surface area (Å²) < 4.78 is 1.75. The second kappa shape index (κ2) is 8.16. The third kappa shape index (κ3) is 3.91. The van der Waals surface area contributed by atoms with Gasteiger partial charge in [0.2, 0.25) is 5.91 Å². The van der Waals surface area contributed by atoms with Crippen molar-refractivity contribution in [2.45, 2.75) is 6.92 Å². The normalized spacial score (nSPS) is 11.2. The molecule has 0 aliphatic carbocycles. The molecule has 4 rings (SSSR count). The molecule has 0 aliphatic heterocycles. The number of oxime groups is 1. The topological polar surface area (TPSA) is 81.4 Å². The van der Waals surface area contributed by atoms with Crippen LogP contribution in [0.3, 0.4) is 0 Å². The Morgan fingerprint density at radius 3 is 2.60 bits per heavy atom. The molecule has 0 atom stereocenters. The van der Waals surface area contributed by atoms with Crippen molar-refractivity contribution in [2.24, 2.45) is 12.2 Å². The molecule has 30 heavy (non-hydrogen) atoms. The van der Waals surface area contributed by atoms with Crippen molar-refractivity contribution in [3.05, 3.63) is 66.4 Å². The van der Waals surface area contributed by atoms with Gasteiger partial charge in [0, 0.05) is 24.9 Å². The minimum absolute atomic E-state index is 0.137. The molecule has 2 aromatic carbocycles. The van der Waals surface area contributed by atoms with Crippen LogP contribution in [0.2, 0.25) is 0 Å². The molecular weight excluding hydrogens is 378 g/mol. The fraction of sp³-hybridized carbons (Fsp3) is 0.130. The number of pyridine rings is 1. The van der Waals surface area contributed by atoms with Crippen LogP contribution in [0.15, 0.2) is 65.9 Å². The van der Waals surface area contributed by atoms with Crippen molar-refractivity contribution in [3.63, 3.8) is 0 Å². The van der Waals surface area contributed by atoms with Gasteiger partial charge in [0.25, 0.3) is 0 Å². The highest BCUT2D eigenvalue weighted by Crippen LogP contribution is 2.31. The maximum absolute atomic E-state index is 11.4. The lowest BCUT2D eigenvalue weighted by atomic mass is 10.00. The van der Waals surface area contributed by atoms with Crippen LogP contribution in [-0.4, -0.2) is 34.0 Å². The third-order valence-corrected chi connectivity index (χ3v) is 4.69. The average Bonchev–Trinajstić information content (AvgIpc) is 3.08. The Bertz CT molecular complexity index is 1240. The molecule has 2 aromatic heterocycles. The maximum atomic E-state index is 11.4. The number of fused-ring (bicyclic) bond motifs is 1. The molecule has 1 N–H and O–H groups in total. The maximum Gasteiger partial charge on any atom is 0.221 e. The predicted molar refractivity (Wildman–Crippen MR) is 118 cm³/mol. The van der Waals surface area contributed by atoms with Crippen LogP contribution in [0.1, 0.15) is 12.5 Å². The smallest absolute Gasteiger partial charge is 0.221 e. The molecule has 0 bridgehead atoms.